The normalized spacial score (nSPS) is 21.3. The molecule has 2 heterocycles. The number of carboxylic acid groups (broad SMARTS) is 1. The number of amides is 2. The summed E-state index contributed by atoms with van der Waals surface area (Å²) in [6, 6.07) is 20.6. The molecular formula is C27H20ClNO6. The molecular weight excluding hydrogens is 470 g/mol. The highest BCUT2D eigenvalue weighted by molar-refractivity contribution is 6.30. The first-order chi connectivity index (χ1) is 16.8. The summed E-state index contributed by atoms with van der Waals surface area (Å²) < 4.78 is 5.68. The van der Waals surface area contributed by atoms with Crippen molar-refractivity contribution in [3.63, 3.8) is 0 Å². The van der Waals surface area contributed by atoms with Crippen molar-refractivity contribution < 1.29 is 29.0 Å². The van der Waals surface area contributed by atoms with Crippen LogP contribution in [0.5, 0.6) is 0 Å². The number of imide groups is 1. The Morgan fingerprint density at radius 1 is 0.886 bits per heavy atom. The van der Waals surface area contributed by atoms with Gasteiger partial charge in [0.05, 0.1) is 42.2 Å². The Bertz CT molecular complexity index is 1300. The van der Waals surface area contributed by atoms with Gasteiger partial charge in [-0.15, -0.1) is 0 Å². The van der Waals surface area contributed by atoms with Gasteiger partial charge in [-0.25, -0.2) is 0 Å². The zero-order chi connectivity index (χ0) is 24.7. The molecule has 7 nitrogen and oxygen atoms in total. The lowest BCUT2D eigenvalue weighted by molar-refractivity contribution is -0.144. The number of halogens is 1. The van der Waals surface area contributed by atoms with E-state index in [1.54, 1.807) is 60.7 Å². The summed E-state index contributed by atoms with van der Waals surface area (Å²) in [5.74, 6) is -4.68. The van der Waals surface area contributed by atoms with E-state index in [2.05, 4.69) is 0 Å². The van der Waals surface area contributed by atoms with E-state index in [0.717, 1.165) is 16.0 Å². The molecule has 0 unspecified atom stereocenters. The molecule has 1 N–H and O–H groups in total. The number of rotatable bonds is 6. The van der Waals surface area contributed by atoms with Gasteiger partial charge in [-0.1, -0.05) is 60.1 Å². The lowest BCUT2D eigenvalue weighted by Gasteiger charge is -2.22. The Morgan fingerprint density at radius 3 is 1.97 bits per heavy atom. The smallest absolute Gasteiger partial charge is 0.310 e. The lowest BCUT2D eigenvalue weighted by atomic mass is 9.84. The number of hydrogen-bond acceptors (Lipinski definition) is 5. The van der Waals surface area contributed by atoms with E-state index in [0.29, 0.717) is 10.6 Å². The van der Waals surface area contributed by atoms with Gasteiger partial charge in [0, 0.05) is 10.6 Å². The highest BCUT2D eigenvalue weighted by atomic mass is 35.5. The van der Waals surface area contributed by atoms with Gasteiger partial charge in [-0.3, -0.25) is 24.1 Å². The summed E-state index contributed by atoms with van der Waals surface area (Å²) in [6.45, 7) is -0.342. The Hall–Kier alpha value is -3.81. The number of ether oxygens (including phenoxy) is 1. The molecule has 0 saturated carbocycles. The van der Waals surface area contributed by atoms with Gasteiger partial charge in [0.2, 0.25) is 0 Å². The van der Waals surface area contributed by atoms with Crippen molar-refractivity contribution in [2.45, 2.75) is 6.10 Å². The van der Waals surface area contributed by atoms with Crippen molar-refractivity contribution in [1.82, 2.24) is 4.90 Å². The summed E-state index contributed by atoms with van der Waals surface area (Å²) in [5.41, 5.74) is 2.73. The van der Waals surface area contributed by atoms with Crippen LogP contribution in [0.4, 0.5) is 0 Å². The Kier molecular flexibility index (Phi) is 5.96. The van der Waals surface area contributed by atoms with Gasteiger partial charge in [-0.05, 0) is 35.4 Å². The maximum absolute atomic E-state index is 13.2. The highest BCUT2D eigenvalue weighted by Gasteiger charge is 2.48. The third-order valence-corrected chi connectivity index (χ3v) is 6.79. The Morgan fingerprint density at radius 2 is 1.43 bits per heavy atom. The molecule has 1 saturated heterocycles. The molecule has 2 amide bonds. The number of Topliss-reactive ketones (excluding diaryl/α,β-unsaturated/α-hetero) is 1. The number of carbonyl (C=O) groups excluding carboxylic acids is 3. The SMILES string of the molecule is O=C(O)[C@H]1[C@H](CN2C(=O)c3ccccc3C2=O)OC[C@@H]1C(=O)c1ccc(-c2ccc(Cl)cc2)cc1. The van der Waals surface area contributed by atoms with E-state index in [9.17, 15) is 24.3 Å². The van der Waals surface area contributed by atoms with Crippen molar-refractivity contribution in [3.8, 4) is 11.1 Å². The molecule has 5 rings (SSSR count). The van der Waals surface area contributed by atoms with E-state index < -0.39 is 35.7 Å². The first kappa shape index (κ1) is 23.0. The second kappa shape index (κ2) is 9.09. The summed E-state index contributed by atoms with van der Waals surface area (Å²) in [4.78, 5) is 51.8. The van der Waals surface area contributed by atoms with Crippen LogP contribution in [0.15, 0.2) is 72.8 Å². The van der Waals surface area contributed by atoms with Crippen LogP contribution in [-0.4, -0.2) is 52.8 Å². The van der Waals surface area contributed by atoms with Gasteiger partial charge < -0.3 is 9.84 Å². The number of fused-ring (bicyclic) bond motifs is 1. The topological polar surface area (TPSA) is 101 Å². The molecule has 8 heteroatoms. The summed E-state index contributed by atoms with van der Waals surface area (Å²) >= 11 is 5.94. The summed E-state index contributed by atoms with van der Waals surface area (Å²) in [7, 11) is 0. The molecule has 0 spiro atoms. The molecule has 0 bridgehead atoms. The van der Waals surface area contributed by atoms with Gasteiger partial charge >= 0.3 is 5.97 Å². The van der Waals surface area contributed by atoms with E-state index >= 15 is 0 Å². The molecule has 35 heavy (non-hydrogen) atoms. The van der Waals surface area contributed by atoms with Crippen molar-refractivity contribution >= 4 is 35.2 Å². The van der Waals surface area contributed by atoms with Crippen LogP contribution in [0, 0.1) is 11.8 Å². The third kappa shape index (κ3) is 4.13. The number of benzene rings is 3. The van der Waals surface area contributed by atoms with Crippen molar-refractivity contribution in [1.29, 1.82) is 0 Å². The minimum atomic E-state index is -1.21. The van der Waals surface area contributed by atoms with Crippen LogP contribution >= 0.6 is 11.6 Å². The summed E-state index contributed by atoms with van der Waals surface area (Å²) in [5, 5.41) is 10.5. The standard InChI is InChI=1S/C27H20ClNO6/c28-18-11-9-16(10-12-18)15-5-7-17(8-6-15)24(30)21-14-35-22(23(21)27(33)34)13-29-25(31)19-3-1-2-4-20(19)26(29)32/h1-12,21-23H,13-14H2,(H,33,34)/t21-,22-,23+/m0/s1. The van der Waals surface area contributed by atoms with Crippen molar-refractivity contribution in [2.24, 2.45) is 11.8 Å². The molecule has 3 aromatic rings. The number of hydrogen-bond donors (Lipinski definition) is 1. The molecule has 1 fully saturated rings. The number of ketones is 1. The first-order valence-electron chi connectivity index (χ1n) is 11.0. The predicted molar refractivity (Wildman–Crippen MR) is 127 cm³/mol. The molecule has 3 atom stereocenters. The average molecular weight is 490 g/mol. The highest BCUT2D eigenvalue weighted by Crippen LogP contribution is 2.33. The first-order valence-corrected chi connectivity index (χ1v) is 11.4. The fourth-order valence-electron chi connectivity index (χ4n) is 4.70. The lowest BCUT2D eigenvalue weighted by Crippen LogP contribution is -2.42. The quantitative estimate of drug-likeness (QED) is 0.411. The van der Waals surface area contributed by atoms with Crippen LogP contribution in [0.2, 0.25) is 5.02 Å². The molecule has 176 valence electrons. The van der Waals surface area contributed by atoms with Crippen LogP contribution in [-0.2, 0) is 9.53 Å². The van der Waals surface area contributed by atoms with Gasteiger partial charge in [0.15, 0.2) is 5.78 Å². The number of aliphatic carboxylic acids is 1. The number of carbonyl (C=O) groups is 4. The van der Waals surface area contributed by atoms with E-state index in [4.69, 9.17) is 16.3 Å². The van der Waals surface area contributed by atoms with Crippen LogP contribution in [0.1, 0.15) is 31.1 Å². The predicted octanol–water partition coefficient (Wildman–Crippen LogP) is 4.20. The minimum absolute atomic E-state index is 0.109. The van der Waals surface area contributed by atoms with Gasteiger partial charge in [0.1, 0.15) is 0 Å². The Labute approximate surface area is 205 Å². The van der Waals surface area contributed by atoms with Crippen LogP contribution in [0.25, 0.3) is 11.1 Å². The van der Waals surface area contributed by atoms with Crippen molar-refractivity contribution in [2.75, 3.05) is 13.2 Å². The Balaban J connectivity index is 1.33. The maximum Gasteiger partial charge on any atom is 0.310 e. The second-order valence-electron chi connectivity index (χ2n) is 8.56. The average Bonchev–Trinajstić information content (AvgIpc) is 3.40. The van der Waals surface area contributed by atoms with Crippen LogP contribution < -0.4 is 0 Å². The van der Waals surface area contributed by atoms with E-state index in [1.165, 1.54) is 0 Å². The zero-order valence-electron chi connectivity index (χ0n) is 18.4. The minimum Gasteiger partial charge on any atom is -0.481 e. The van der Waals surface area contributed by atoms with Crippen LogP contribution in [0.3, 0.4) is 0 Å². The van der Waals surface area contributed by atoms with Gasteiger partial charge in [0.25, 0.3) is 11.8 Å². The van der Waals surface area contributed by atoms with E-state index in [-0.39, 0.29) is 30.1 Å². The second-order valence-corrected chi connectivity index (χ2v) is 8.99. The number of nitrogens with zero attached hydrogens (tertiary/aromatic N) is 1. The largest absolute Gasteiger partial charge is 0.481 e. The molecule has 0 aliphatic carbocycles. The maximum atomic E-state index is 13.2. The van der Waals surface area contributed by atoms with Crippen molar-refractivity contribution in [3.05, 3.63) is 94.5 Å². The molecule has 2 aliphatic rings. The van der Waals surface area contributed by atoms with E-state index in [1.807, 2.05) is 12.1 Å². The molecule has 0 aromatic heterocycles. The zero-order valence-corrected chi connectivity index (χ0v) is 19.1. The fourth-order valence-corrected chi connectivity index (χ4v) is 4.82. The molecule has 0 radical (unpaired) electrons. The number of carboxylic acids is 1. The monoisotopic (exact) mass is 489 g/mol. The third-order valence-electron chi connectivity index (χ3n) is 6.53. The van der Waals surface area contributed by atoms with Gasteiger partial charge in [-0.2, -0.15) is 0 Å². The molecule has 2 aliphatic heterocycles. The summed E-state index contributed by atoms with van der Waals surface area (Å²) in [6.07, 6.45) is -0.989. The fraction of sp³-hybridized carbons (Fsp3) is 0.185. The molecule has 3 aromatic carbocycles.